The first-order valence-electron chi connectivity index (χ1n) is 6.45. The number of ether oxygens (including phenoxy) is 1. The van der Waals surface area contributed by atoms with Crippen LogP contribution in [0.3, 0.4) is 0 Å². The molecule has 1 unspecified atom stereocenters. The van der Waals surface area contributed by atoms with Gasteiger partial charge in [-0.2, -0.15) is 0 Å². The van der Waals surface area contributed by atoms with Crippen molar-refractivity contribution in [2.75, 3.05) is 6.61 Å². The number of aromatic amines is 1. The first-order chi connectivity index (χ1) is 8.54. The quantitative estimate of drug-likeness (QED) is 0.908. The largest absolute Gasteiger partial charge is 0.370 e. The summed E-state index contributed by atoms with van der Waals surface area (Å²) in [5.74, 6) is 1.40. The molecule has 2 rings (SSSR count). The standard InChI is InChI=1S/C13H19BrN2O2/c1-4-18-11(8-5-6-8)12-15-10(7(2)3)9(14)13(17)16-12/h7-8,11H,4-6H2,1-3H3,(H,15,16,17). The van der Waals surface area contributed by atoms with Gasteiger partial charge in [-0.15, -0.1) is 0 Å². The minimum Gasteiger partial charge on any atom is -0.370 e. The minimum atomic E-state index is -0.117. The number of hydrogen-bond acceptors (Lipinski definition) is 3. The Balaban J connectivity index is 2.40. The van der Waals surface area contributed by atoms with E-state index in [1.807, 2.05) is 20.8 Å². The van der Waals surface area contributed by atoms with Crippen molar-refractivity contribution in [3.8, 4) is 0 Å². The van der Waals surface area contributed by atoms with E-state index in [-0.39, 0.29) is 17.6 Å². The molecule has 4 nitrogen and oxygen atoms in total. The molecule has 0 saturated heterocycles. The van der Waals surface area contributed by atoms with Crippen LogP contribution in [0, 0.1) is 5.92 Å². The molecule has 0 bridgehead atoms. The SMILES string of the molecule is CCOC(c1nc(C(C)C)c(Br)c(=O)[nH]1)C1CC1. The average molecular weight is 315 g/mol. The van der Waals surface area contributed by atoms with E-state index in [2.05, 4.69) is 25.9 Å². The van der Waals surface area contributed by atoms with Gasteiger partial charge in [0.05, 0.1) is 5.69 Å². The van der Waals surface area contributed by atoms with Gasteiger partial charge >= 0.3 is 0 Å². The van der Waals surface area contributed by atoms with Gasteiger partial charge in [0.1, 0.15) is 16.4 Å². The Morgan fingerprint density at radius 3 is 2.67 bits per heavy atom. The van der Waals surface area contributed by atoms with Gasteiger partial charge in [0, 0.05) is 6.61 Å². The molecule has 0 spiro atoms. The summed E-state index contributed by atoms with van der Waals surface area (Å²) in [7, 11) is 0. The van der Waals surface area contributed by atoms with Gasteiger partial charge in [-0.3, -0.25) is 4.79 Å². The number of nitrogens with zero attached hydrogens (tertiary/aromatic N) is 1. The average Bonchev–Trinajstić information content (AvgIpc) is 3.13. The smallest absolute Gasteiger partial charge is 0.265 e. The van der Waals surface area contributed by atoms with Crippen molar-refractivity contribution in [2.24, 2.45) is 5.92 Å². The lowest BCUT2D eigenvalue weighted by molar-refractivity contribution is 0.0396. The Morgan fingerprint density at radius 2 is 2.17 bits per heavy atom. The molecule has 1 atom stereocenters. The third kappa shape index (κ3) is 2.83. The second-order valence-corrected chi connectivity index (χ2v) is 5.81. The lowest BCUT2D eigenvalue weighted by Crippen LogP contribution is -2.21. The van der Waals surface area contributed by atoms with Crippen molar-refractivity contribution < 1.29 is 4.74 Å². The highest BCUT2D eigenvalue weighted by Crippen LogP contribution is 2.42. The molecule has 100 valence electrons. The Hall–Kier alpha value is -0.680. The number of H-pyrrole nitrogens is 1. The molecule has 1 saturated carbocycles. The molecule has 1 fully saturated rings. The Kier molecular flexibility index (Phi) is 4.22. The van der Waals surface area contributed by atoms with Crippen LogP contribution in [0.2, 0.25) is 0 Å². The zero-order valence-corrected chi connectivity index (χ0v) is 12.6. The fourth-order valence-electron chi connectivity index (χ4n) is 2.03. The van der Waals surface area contributed by atoms with Crippen molar-refractivity contribution in [1.82, 2.24) is 9.97 Å². The summed E-state index contributed by atoms with van der Waals surface area (Å²) >= 11 is 3.31. The molecule has 1 aromatic heterocycles. The lowest BCUT2D eigenvalue weighted by Gasteiger charge is -2.17. The highest BCUT2D eigenvalue weighted by atomic mass is 79.9. The molecule has 1 aromatic rings. The van der Waals surface area contributed by atoms with Gasteiger partial charge in [-0.25, -0.2) is 4.98 Å². The molecule has 1 aliphatic carbocycles. The number of hydrogen-bond donors (Lipinski definition) is 1. The van der Waals surface area contributed by atoms with Crippen molar-refractivity contribution in [3.05, 3.63) is 26.3 Å². The molecule has 1 N–H and O–H groups in total. The van der Waals surface area contributed by atoms with Gasteiger partial charge in [0.15, 0.2) is 0 Å². The van der Waals surface area contributed by atoms with E-state index in [1.165, 1.54) is 0 Å². The van der Waals surface area contributed by atoms with Crippen LogP contribution in [0.1, 0.15) is 57.2 Å². The predicted octanol–water partition coefficient (Wildman–Crippen LogP) is 3.14. The molecule has 1 heterocycles. The topological polar surface area (TPSA) is 55.0 Å². The molecule has 0 aromatic carbocycles. The third-order valence-electron chi connectivity index (χ3n) is 3.12. The molecule has 0 amide bonds. The van der Waals surface area contributed by atoms with Crippen LogP contribution in [0.4, 0.5) is 0 Å². The van der Waals surface area contributed by atoms with Crippen molar-refractivity contribution in [2.45, 2.75) is 45.6 Å². The van der Waals surface area contributed by atoms with Gasteiger partial charge < -0.3 is 9.72 Å². The van der Waals surface area contributed by atoms with Crippen LogP contribution in [0.25, 0.3) is 0 Å². The summed E-state index contributed by atoms with van der Waals surface area (Å²) in [5.41, 5.74) is 0.688. The van der Waals surface area contributed by atoms with Crippen molar-refractivity contribution in [3.63, 3.8) is 0 Å². The normalized spacial score (nSPS) is 17.2. The van der Waals surface area contributed by atoms with Crippen molar-refractivity contribution in [1.29, 1.82) is 0 Å². The van der Waals surface area contributed by atoms with Crippen molar-refractivity contribution >= 4 is 15.9 Å². The van der Waals surface area contributed by atoms with Gasteiger partial charge in [-0.05, 0) is 47.5 Å². The van der Waals surface area contributed by atoms with E-state index in [0.717, 1.165) is 18.5 Å². The second kappa shape index (κ2) is 5.53. The first-order valence-corrected chi connectivity index (χ1v) is 7.25. The monoisotopic (exact) mass is 314 g/mol. The summed E-state index contributed by atoms with van der Waals surface area (Å²) in [4.78, 5) is 19.3. The molecule has 0 radical (unpaired) electrons. The highest BCUT2D eigenvalue weighted by Gasteiger charge is 2.35. The fraction of sp³-hybridized carbons (Fsp3) is 0.692. The summed E-state index contributed by atoms with van der Waals surface area (Å²) in [6.07, 6.45) is 2.25. The maximum atomic E-state index is 11.9. The maximum absolute atomic E-state index is 11.9. The first kappa shape index (κ1) is 13.7. The number of rotatable bonds is 5. The summed E-state index contributed by atoms with van der Waals surface area (Å²) < 4.78 is 6.27. The van der Waals surface area contributed by atoms with Gasteiger partial charge in [-0.1, -0.05) is 13.8 Å². The maximum Gasteiger partial charge on any atom is 0.265 e. The lowest BCUT2D eigenvalue weighted by atomic mass is 10.1. The number of halogens is 1. The molecule has 18 heavy (non-hydrogen) atoms. The zero-order chi connectivity index (χ0) is 13.3. The molecular formula is C13H19BrN2O2. The summed E-state index contributed by atoms with van der Waals surface area (Å²) in [6.45, 7) is 6.67. The van der Waals surface area contributed by atoms with E-state index >= 15 is 0 Å². The molecule has 1 aliphatic rings. The Labute approximate surface area is 115 Å². The molecule has 0 aliphatic heterocycles. The predicted molar refractivity (Wildman–Crippen MR) is 73.7 cm³/mol. The number of nitrogens with one attached hydrogen (secondary N) is 1. The summed E-state index contributed by atoms with van der Waals surface area (Å²) in [5, 5.41) is 0. The van der Waals surface area contributed by atoms with E-state index in [1.54, 1.807) is 0 Å². The van der Waals surface area contributed by atoms with E-state index in [0.29, 0.717) is 22.8 Å². The van der Waals surface area contributed by atoms with Crippen LogP contribution in [0.5, 0.6) is 0 Å². The van der Waals surface area contributed by atoms with Crippen LogP contribution in [-0.4, -0.2) is 16.6 Å². The molecular weight excluding hydrogens is 296 g/mol. The van der Waals surface area contributed by atoms with E-state index in [4.69, 9.17) is 4.74 Å². The van der Waals surface area contributed by atoms with Crippen LogP contribution in [-0.2, 0) is 4.74 Å². The van der Waals surface area contributed by atoms with Crippen LogP contribution < -0.4 is 5.56 Å². The van der Waals surface area contributed by atoms with E-state index in [9.17, 15) is 4.79 Å². The van der Waals surface area contributed by atoms with Crippen LogP contribution >= 0.6 is 15.9 Å². The van der Waals surface area contributed by atoms with E-state index < -0.39 is 0 Å². The zero-order valence-electron chi connectivity index (χ0n) is 11.0. The fourth-order valence-corrected chi connectivity index (χ4v) is 2.67. The third-order valence-corrected chi connectivity index (χ3v) is 3.89. The molecule has 5 heteroatoms. The van der Waals surface area contributed by atoms with Crippen LogP contribution in [0.15, 0.2) is 9.27 Å². The minimum absolute atomic E-state index is 0.0618. The van der Waals surface area contributed by atoms with Gasteiger partial charge in [0.2, 0.25) is 0 Å². The summed E-state index contributed by atoms with van der Waals surface area (Å²) in [6, 6.07) is 0. The number of aromatic nitrogens is 2. The highest BCUT2D eigenvalue weighted by molar-refractivity contribution is 9.10. The second-order valence-electron chi connectivity index (χ2n) is 5.02. The Bertz CT molecular complexity index is 480. The van der Waals surface area contributed by atoms with Gasteiger partial charge in [0.25, 0.3) is 5.56 Å². The Morgan fingerprint density at radius 1 is 1.50 bits per heavy atom.